The molecule has 0 fully saturated rings. The zero-order valence-corrected chi connectivity index (χ0v) is 9.98. The standard InChI is InChI=1S/C14H22O/c1-9(2)12-6-4-5-11-8-14(15)10(3)7-13(11)12/h4-5,7,9,11-15H,6,8H2,1-3H3/t11-,12-,13+,14-/m1/s1. The summed E-state index contributed by atoms with van der Waals surface area (Å²) in [6, 6.07) is 0. The Hall–Kier alpha value is -0.560. The molecule has 1 N–H and O–H groups in total. The summed E-state index contributed by atoms with van der Waals surface area (Å²) < 4.78 is 0. The molecule has 0 aromatic rings. The van der Waals surface area contributed by atoms with E-state index in [4.69, 9.17) is 0 Å². The van der Waals surface area contributed by atoms with Gasteiger partial charge < -0.3 is 5.11 Å². The average molecular weight is 206 g/mol. The third-order valence-electron chi connectivity index (χ3n) is 4.11. The van der Waals surface area contributed by atoms with Crippen LogP contribution in [0.4, 0.5) is 0 Å². The van der Waals surface area contributed by atoms with Crippen LogP contribution >= 0.6 is 0 Å². The predicted octanol–water partition coefficient (Wildman–Crippen LogP) is 3.16. The molecule has 0 heterocycles. The zero-order chi connectivity index (χ0) is 11.0. The Labute approximate surface area is 92.9 Å². The summed E-state index contributed by atoms with van der Waals surface area (Å²) in [6.45, 7) is 6.70. The Morgan fingerprint density at radius 1 is 1.40 bits per heavy atom. The lowest BCUT2D eigenvalue weighted by molar-refractivity contribution is 0.129. The monoisotopic (exact) mass is 206 g/mol. The number of hydrogen-bond acceptors (Lipinski definition) is 1. The second-order valence-electron chi connectivity index (χ2n) is 5.48. The molecular weight excluding hydrogens is 184 g/mol. The van der Waals surface area contributed by atoms with Crippen molar-refractivity contribution < 1.29 is 5.11 Å². The number of rotatable bonds is 1. The van der Waals surface area contributed by atoms with E-state index in [1.807, 2.05) is 0 Å². The third-order valence-corrected chi connectivity index (χ3v) is 4.11. The fourth-order valence-electron chi connectivity index (χ4n) is 3.07. The summed E-state index contributed by atoms with van der Waals surface area (Å²) in [4.78, 5) is 0. The van der Waals surface area contributed by atoms with Crippen LogP contribution in [0.5, 0.6) is 0 Å². The number of allylic oxidation sites excluding steroid dienone is 3. The van der Waals surface area contributed by atoms with Gasteiger partial charge in [-0.15, -0.1) is 0 Å². The molecule has 0 aromatic heterocycles. The van der Waals surface area contributed by atoms with Crippen LogP contribution < -0.4 is 0 Å². The van der Waals surface area contributed by atoms with Crippen molar-refractivity contribution in [1.29, 1.82) is 0 Å². The van der Waals surface area contributed by atoms with Gasteiger partial charge in [-0.25, -0.2) is 0 Å². The highest BCUT2D eigenvalue weighted by Crippen LogP contribution is 2.42. The predicted molar refractivity (Wildman–Crippen MR) is 63.4 cm³/mol. The van der Waals surface area contributed by atoms with Gasteiger partial charge in [-0.1, -0.05) is 32.1 Å². The lowest BCUT2D eigenvalue weighted by Gasteiger charge is -2.40. The van der Waals surface area contributed by atoms with Gasteiger partial charge in [0.2, 0.25) is 0 Å². The van der Waals surface area contributed by atoms with Crippen LogP contribution in [0.25, 0.3) is 0 Å². The van der Waals surface area contributed by atoms with Gasteiger partial charge in [0, 0.05) is 0 Å². The maximum absolute atomic E-state index is 9.84. The Kier molecular flexibility index (Phi) is 3.01. The maximum Gasteiger partial charge on any atom is 0.0753 e. The van der Waals surface area contributed by atoms with E-state index >= 15 is 0 Å². The topological polar surface area (TPSA) is 20.2 Å². The minimum atomic E-state index is -0.207. The fraction of sp³-hybridized carbons (Fsp3) is 0.714. The molecule has 0 aromatic carbocycles. The molecule has 2 rings (SSSR count). The molecule has 0 saturated heterocycles. The van der Waals surface area contributed by atoms with E-state index in [2.05, 4.69) is 39.0 Å². The van der Waals surface area contributed by atoms with Crippen molar-refractivity contribution in [2.24, 2.45) is 23.7 Å². The van der Waals surface area contributed by atoms with Crippen molar-refractivity contribution in [2.75, 3.05) is 0 Å². The highest BCUT2D eigenvalue weighted by atomic mass is 16.3. The van der Waals surface area contributed by atoms with Crippen molar-refractivity contribution in [3.05, 3.63) is 23.8 Å². The highest BCUT2D eigenvalue weighted by molar-refractivity contribution is 5.19. The summed E-state index contributed by atoms with van der Waals surface area (Å²) in [5, 5.41) is 9.84. The van der Waals surface area contributed by atoms with Gasteiger partial charge in [-0.3, -0.25) is 0 Å². The molecule has 0 amide bonds. The first-order valence-corrected chi connectivity index (χ1v) is 6.12. The number of aliphatic hydroxyl groups excluding tert-OH is 1. The quantitative estimate of drug-likeness (QED) is 0.653. The second-order valence-corrected chi connectivity index (χ2v) is 5.48. The molecule has 2 aliphatic rings. The molecule has 1 heteroatoms. The first-order valence-electron chi connectivity index (χ1n) is 6.12. The molecule has 0 spiro atoms. The van der Waals surface area contributed by atoms with E-state index in [0.29, 0.717) is 11.8 Å². The lowest BCUT2D eigenvalue weighted by atomic mass is 9.66. The first-order chi connectivity index (χ1) is 7.09. The first kappa shape index (κ1) is 10.9. The average Bonchev–Trinajstić information content (AvgIpc) is 2.18. The van der Waals surface area contributed by atoms with Gasteiger partial charge in [0.25, 0.3) is 0 Å². The van der Waals surface area contributed by atoms with Gasteiger partial charge in [0.05, 0.1) is 6.10 Å². The molecule has 15 heavy (non-hydrogen) atoms. The summed E-state index contributed by atoms with van der Waals surface area (Å²) in [7, 11) is 0. The van der Waals surface area contributed by atoms with Crippen LogP contribution in [0.1, 0.15) is 33.6 Å². The van der Waals surface area contributed by atoms with E-state index in [9.17, 15) is 5.11 Å². The summed E-state index contributed by atoms with van der Waals surface area (Å²) in [5.41, 5.74) is 1.18. The Bertz CT molecular complexity index is 288. The van der Waals surface area contributed by atoms with Gasteiger partial charge >= 0.3 is 0 Å². The van der Waals surface area contributed by atoms with Crippen molar-refractivity contribution in [1.82, 2.24) is 0 Å². The van der Waals surface area contributed by atoms with Gasteiger partial charge in [-0.2, -0.15) is 0 Å². The molecule has 0 unspecified atom stereocenters. The van der Waals surface area contributed by atoms with Crippen LogP contribution in [-0.4, -0.2) is 11.2 Å². The molecule has 0 bridgehead atoms. The van der Waals surface area contributed by atoms with Crippen LogP contribution in [0.2, 0.25) is 0 Å². The minimum absolute atomic E-state index is 0.207. The Morgan fingerprint density at radius 2 is 2.13 bits per heavy atom. The van der Waals surface area contributed by atoms with E-state index in [-0.39, 0.29) is 6.10 Å². The molecule has 0 aliphatic heterocycles. The fourth-order valence-corrected chi connectivity index (χ4v) is 3.07. The normalized spacial score (nSPS) is 40.2. The van der Waals surface area contributed by atoms with E-state index in [1.165, 1.54) is 12.0 Å². The molecule has 4 atom stereocenters. The number of fused-ring (bicyclic) bond motifs is 1. The zero-order valence-electron chi connectivity index (χ0n) is 9.98. The Balaban J connectivity index is 2.25. The van der Waals surface area contributed by atoms with Crippen LogP contribution in [0.3, 0.4) is 0 Å². The third kappa shape index (κ3) is 2.03. The second kappa shape index (κ2) is 4.13. The summed E-state index contributed by atoms with van der Waals surface area (Å²) in [6.07, 6.45) is 8.88. The van der Waals surface area contributed by atoms with Crippen molar-refractivity contribution >= 4 is 0 Å². The SMILES string of the molecule is CC1=C[C@H]2[C@H](C=CC[C@@H]2C(C)C)C[C@H]1O. The van der Waals surface area contributed by atoms with Crippen molar-refractivity contribution in [3.63, 3.8) is 0 Å². The lowest BCUT2D eigenvalue weighted by Crippen LogP contribution is -2.34. The van der Waals surface area contributed by atoms with Gasteiger partial charge in [-0.05, 0) is 49.0 Å². The smallest absolute Gasteiger partial charge is 0.0753 e. The van der Waals surface area contributed by atoms with E-state index in [0.717, 1.165) is 18.3 Å². The molecule has 84 valence electrons. The Morgan fingerprint density at radius 3 is 2.80 bits per heavy atom. The summed E-state index contributed by atoms with van der Waals surface area (Å²) >= 11 is 0. The summed E-state index contributed by atoms with van der Waals surface area (Å²) in [5.74, 6) is 2.74. The highest BCUT2D eigenvalue weighted by Gasteiger charge is 2.35. The number of hydrogen-bond donors (Lipinski definition) is 1. The van der Waals surface area contributed by atoms with Crippen molar-refractivity contribution in [2.45, 2.75) is 39.7 Å². The van der Waals surface area contributed by atoms with Crippen LogP contribution in [0.15, 0.2) is 23.8 Å². The maximum atomic E-state index is 9.84. The van der Waals surface area contributed by atoms with E-state index in [1.54, 1.807) is 0 Å². The van der Waals surface area contributed by atoms with Gasteiger partial charge in [0.15, 0.2) is 0 Å². The van der Waals surface area contributed by atoms with Crippen LogP contribution in [-0.2, 0) is 0 Å². The minimum Gasteiger partial charge on any atom is -0.389 e. The molecule has 1 nitrogen and oxygen atoms in total. The largest absolute Gasteiger partial charge is 0.389 e. The number of aliphatic hydroxyl groups is 1. The van der Waals surface area contributed by atoms with Crippen LogP contribution in [0, 0.1) is 23.7 Å². The molecule has 0 radical (unpaired) electrons. The van der Waals surface area contributed by atoms with Gasteiger partial charge in [0.1, 0.15) is 0 Å². The van der Waals surface area contributed by atoms with Crippen molar-refractivity contribution in [3.8, 4) is 0 Å². The van der Waals surface area contributed by atoms with E-state index < -0.39 is 0 Å². The molecular formula is C14H22O. The molecule has 0 saturated carbocycles. The molecule has 2 aliphatic carbocycles.